The van der Waals surface area contributed by atoms with Crippen molar-refractivity contribution in [3.63, 3.8) is 0 Å². The van der Waals surface area contributed by atoms with Crippen LogP contribution >= 0.6 is 23.4 Å². The molecule has 2 rings (SSSR count). The van der Waals surface area contributed by atoms with Gasteiger partial charge in [-0.3, -0.25) is 0 Å². The summed E-state index contributed by atoms with van der Waals surface area (Å²) in [7, 11) is 0. The van der Waals surface area contributed by atoms with Crippen LogP contribution in [0, 0.1) is 5.82 Å². The van der Waals surface area contributed by atoms with Crippen LogP contribution in [0.1, 0.15) is 0 Å². The van der Waals surface area contributed by atoms with Crippen LogP contribution in [0.5, 0.6) is 0 Å². The predicted octanol–water partition coefficient (Wildman–Crippen LogP) is 2.82. The minimum atomic E-state index is -0.505. The predicted molar refractivity (Wildman–Crippen MR) is 55.4 cm³/mol. The Morgan fingerprint density at radius 1 is 1.27 bits per heavy atom. The molecule has 76 valence electrons. The lowest BCUT2D eigenvalue weighted by Gasteiger charge is -2.00. The molecule has 0 atom stereocenters. The highest BCUT2D eigenvalue weighted by atomic mass is 35.5. The highest BCUT2D eigenvalue weighted by molar-refractivity contribution is 7.99. The molecule has 0 aliphatic heterocycles. The van der Waals surface area contributed by atoms with Crippen molar-refractivity contribution >= 4 is 23.4 Å². The topological polar surface area (TPSA) is 38.7 Å². The summed E-state index contributed by atoms with van der Waals surface area (Å²) in [6.07, 6.45) is 2.67. The Labute approximate surface area is 94.7 Å². The van der Waals surface area contributed by atoms with E-state index in [1.807, 2.05) is 6.07 Å². The number of rotatable bonds is 2. The van der Waals surface area contributed by atoms with Gasteiger partial charge >= 0.3 is 0 Å². The fraction of sp³-hybridized carbons (Fsp3) is 0. The molecule has 2 heterocycles. The first kappa shape index (κ1) is 10.3. The Kier molecular flexibility index (Phi) is 3.13. The summed E-state index contributed by atoms with van der Waals surface area (Å²) in [5.74, 6) is -0.505. The molecule has 0 aliphatic carbocycles. The SMILES string of the molecule is Fc1cnc(Cl)nc1Sc1ccccn1. The molecule has 0 aromatic carbocycles. The van der Waals surface area contributed by atoms with Gasteiger partial charge in [0.05, 0.1) is 6.20 Å². The van der Waals surface area contributed by atoms with E-state index < -0.39 is 5.82 Å². The van der Waals surface area contributed by atoms with Crippen molar-refractivity contribution in [1.82, 2.24) is 15.0 Å². The second-order valence-corrected chi connectivity index (χ2v) is 3.91. The normalized spacial score (nSPS) is 10.3. The van der Waals surface area contributed by atoms with E-state index in [0.717, 1.165) is 18.0 Å². The summed E-state index contributed by atoms with van der Waals surface area (Å²) in [6.45, 7) is 0. The van der Waals surface area contributed by atoms with Gasteiger partial charge in [0.15, 0.2) is 5.82 Å². The van der Waals surface area contributed by atoms with Crippen molar-refractivity contribution in [2.75, 3.05) is 0 Å². The first-order chi connectivity index (χ1) is 7.25. The van der Waals surface area contributed by atoms with Gasteiger partial charge in [-0.15, -0.1) is 0 Å². The Morgan fingerprint density at radius 2 is 2.13 bits per heavy atom. The van der Waals surface area contributed by atoms with Crippen molar-refractivity contribution in [3.8, 4) is 0 Å². The Hall–Kier alpha value is -1.20. The van der Waals surface area contributed by atoms with Gasteiger partial charge in [-0.1, -0.05) is 6.07 Å². The fourth-order valence-corrected chi connectivity index (χ4v) is 1.83. The number of halogens is 2. The van der Waals surface area contributed by atoms with E-state index in [-0.39, 0.29) is 10.3 Å². The van der Waals surface area contributed by atoms with Gasteiger partial charge in [0.25, 0.3) is 0 Å². The third-order valence-corrected chi connectivity index (χ3v) is 2.63. The molecule has 3 nitrogen and oxygen atoms in total. The quantitative estimate of drug-likeness (QED) is 0.599. The number of hydrogen-bond donors (Lipinski definition) is 0. The van der Waals surface area contributed by atoms with E-state index in [4.69, 9.17) is 11.6 Å². The van der Waals surface area contributed by atoms with Crippen LogP contribution in [0.15, 0.2) is 40.6 Å². The van der Waals surface area contributed by atoms with Gasteiger partial charge in [-0.25, -0.2) is 19.3 Å². The molecule has 2 aromatic heterocycles. The maximum atomic E-state index is 13.2. The molecule has 15 heavy (non-hydrogen) atoms. The Bertz CT molecular complexity index is 466. The monoisotopic (exact) mass is 241 g/mol. The highest BCUT2D eigenvalue weighted by Gasteiger charge is 2.08. The largest absolute Gasteiger partial charge is 0.250 e. The zero-order chi connectivity index (χ0) is 10.7. The minimum Gasteiger partial charge on any atom is -0.250 e. The van der Waals surface area contributed by atoms with Crippen LogP contribution in [-0.2, 0) is 0 Å². The van der Waals surface area contributed by atoms with Crippen LogP contribution in [0.2, 0.25) is 5.28 Å². The van der Waals surface area contributed by atoms with Gasteiger partial charge < -0.3 is 0 Å². The third kappa shape index (κ3) is 2.64. The number of aromatic nitrogens is 3. The molecule has 6 heteroatoms. The van der Waals surface area contributed by atoms with Gasteiger partial charge in [-0.2, -0.15) is 0 Å². The van der Waals surface area contributed by atoms with E-state index in [2.05, 4.69) is 15.0 Å². The van der Waals surface area contributed by atoms with E-state index in [0.29, 0.717) is 5.03 Å². The van der Waals surface area contributed by atoms with E-state index in [9.17, 15) is 4.39 Å². The van der Waals surface area contributed by atoms with Crippen LogP contribution in [-0.4, -0.2) is 15.0 Å². The van der Waals surface area contributed by atoms with Gasteiger partial charge in [0, 0.05) is 6.20 Å². The molecule has 0 aliphatic rings. The van der Waals surface area contributed by atoms with Gasteiger partial charge in [0.1, 0.15) is 10.1 Å². The van der Waals surface area contributed by atoms with Gasteiger partial charge in [0.2, 0.25) is 5.28 Å². The number of pyridine rings is 1. The lowest BCUT2D eigenvalue weighted by molar-refractivity contribution is 0.579. The number of hydrogen-bond acceptors (Lipinski definition) is 4. The van der Waals surface area contributed by atoms with Crippen LogP contribution in [0.3, 0.4) is 0 Å². The van der Waals surface area contributed by atoms with Crippen molar-refractivity contribution < 1.29 is 4.39 Å². The molecule has 0 N–H and O–H groups in total. The minimum absolute atomic E-state index is 0.0230. The lowest BCUT2D eigenvalue weighted by Crippen LogP contribution is -1.90. The first-order valence-electron chi connectivity index (χ1n) is 4.02. The molecule has 0 fully saturated rings. The molecule has 2 aromatic rings. The van der Waals surface area contributed by atoms with E-state index in [1.54, 1.807) is 18.3 Å². The summed E-state index contributed by atoms with van der Waals surface area (Å²) in [4.78, 5) is 11.3. The summed E-state index contributed by atoms with van der Waals surface area (Å²) in [6, 6.07) is 5.36. The van der Waals surface area contributed by atoms with Gasteiger partial charge in [-0.05, 0) is 35.5 Å². The lowest BCUT2D eigenvalue weighted by atomic mass is 10.5. The maximum Gasteiger partial charge on any atom is 0.223 e. The third-order valence-electron chi connectivity index (χ3n) is 1.52. The summed E-state index contributed by atoms with van der Waals surface area (Å²) < 4.78 is 13.2. The zero-order valence-electron chi connectivity index (χ0n) is 7.39. The second-order valence-electron chi connectivity index (χ2n) is 2.56. The molecule has 0 saturated carbocycles. The zero-order valence-corrected chi connectivity index (χ0v) is 8.96. The molecule has 0 radical (unpaired) electrons. The average Bonchev–Trinajstić information content (AvgIpc) is 2.25. The molecular weight excluding hydrogens is 237 g/mol. The Morgan fingerprint density at radius 3 is 2.87 bits per heavy atom. The summed E-state index contributed by atoms with van der Waals surface area (Å²) >= 11 is 6.67. The second kappa shape index (κ2) is 4.55. The molecule has 0 amide bonds. The maximum absolute atomic E-state index is 13.2. The highest BCUT2D eigenvalue weighted by Crippen LogP contribution is 2.26. The first-order valence-corrected chi connectivity index (χ1v) is 5.22. The van der Waals surface area contributed by atoms with E-state index in [1.165, 1.54) is 0 Å². The molecule has 0 saturated heterocycles. The Balaban J connectivity index is 2.28. The van der Waals surface area contributed by atoms with Crippen LogP contribution in [0.25, 0.3) is 0 Å². The van der Waals surface area contributed by atoms with Crippen LogP contribution < -0.4 is 0 Å². The summed E-state index contributed by atoms with van der Waals surface area (Å²) in [5.41, 5.74) is 0. The smallest absolute Gasteiger partial charge is 0.223 e. The van der Waals surface area contributed by atoms with Crippen molar-refractivity contribution in [2.45, 2.75) is 10.1 Å². The summed E-state index contributed by atoms with van der Waals surface area (Å²) in [5, 5.41) is 0.856. The number of nitrogens with zero attached hydrogens (tertiary/aromatic N) is 3. The van der Waals surface area contributed by atoms with E-state index >= 15 is 0 Å². The van der Waals surface area contributed by atoms with Crippen molar-refractivity contribution in [1.29, 1.82) is 0 Å². The van der Waals surface area contributed by atoms with Crippen LogP contribution in [0.4, 0.5) is 4.39 Å². The molecule has 0 bridgehead atoms. The molecule has 0 unspecified atom stereocenters. The molecule has 0 spiro atoms. The van der Waals surface area contributed by atoms with Crippen molar-refractivity contribution in [2.24, 2.45) is 0 Å². The average molecular weight is 242 g/mol. The standard InChI is InChI=1S/C9H5ClFN3S/c10-9-13-5-6(11)8(14-9)15-7-3-1-2-4-12-7/h1-5H. The fourth-order valence-electron chi connectivity index (χ4n) is 0.909. The molecular formula is C9H5ClFN3S. The van der Waals surface area contributed by atoms with Crippen molar-refractivity contribution in [3.05, 3.63) is 41.7 Å².